The fraction of sp³-hybridized carbons (Fsp3) is 0.150. The minimum atomic E-state index is -0.239. The normalized spacial score (nSPS) is 11.4. The van der Waals surface area contributed by atoms with E-state index in [9.17, 15) is 4.79 Å². The number of benzene rings is 1. The number of aryl methyl sites for hydroxylation is 1. The van der Waals surface area contributed by atoms with Crippen molar-refractivity contribution in [3.63, 3.8) is 0 Å². The van der Waals surface area contributed by atoms with Gasteiger partial charge in [-0.25, -0.2) is 9.97 Å². The third-order valence-corrected chi connectivity index (χ3v) is 6.15. The second-order valence-electron chi connectivity index (χ2n) is 6.91. The molecule has 0 spiro atoms. The van der Waals surface area contributed by atoms with Gasteiger partial charge in [0.2, 0.25) is 0 Å². The van der Waals surface area contributed by atoms with Crippen molar-refractivity contribution in [2.75, 3.05) is 0 Å². The van der Waals surface area contributed by atoms with Crippen molar-refractivity contribution in [1.82, 2.24) is 35.0 Å². The Labute approximate surface area is 174 Å². The molecular weight excluding hydrogens is 400 g/mol. The largest absolute Gasteiger partial charge is 0.348 e. The summed E-state index contributed by atoms with van der Waals surface area (Å²) >= 11 is 1.49. The number of amides is 1. The average molecular weight is 418 g/mol. The van der Waals surface area contributed by atoms with E-state index < -0.39 is 0 Å². The van der Waals surface area contributed by atoms with E-state index in [1.165, 1.54) is 17.6 Å². The molecule has 0 atom stereocenters. The predicted octanol–water partition coefficient (Wildman–Crippen LogP) is 2.75. The zero-order valence-corrected chi connectivity index (χ0v) is 16.9. The molecule has 0 fully saturated rings. The number of imidazole rings is 1. The number of aromatic amines is 2. The highest BCUT2D eigenvalue weighted by molar-refractivity contribution is 7.19. The van der Waals surface area contributed by atoms with Crippen LogP contribution in [0.2, 0.25) is 0 Å². The molecular formula is C20H18N8OS. The Balaban J connectivity index is 1.43. The molecule has 0 aliphatic carbocycles. The number of carbonyl (C=O) groups is 1. The molecule has 5 aromatic rings. The van der Waals surface area contributed by atoms with E-state index in [1.807, 2.05) is 18.2 Å². The van der Waals surface area contributed by atoms with Gasteiger partial charge in [0.05, 0.1) is 22.7 Å². The second-order valence-corrected chi connectivity index (χ2v) is 7.99. The van der Waals surface area contributed by atoms with Crippen LogP contribution in [0.1, 0.15) is 32.3 Å². The zero-order valence-electron chi connectivity index (χ0n) is 16.1. The maximum Gasteiger partial charge on any atom is 0.268 e. The molecule has 0 unspecified atom stereocenters. The third kappa shape index (κ3) is 2.98. The third-order valence-electron chi connectivity index (χ3n) is 5.08. The van der Waals surface area contributed by atoms with Gasteiger partial charge in [-0.2, -0.15) is 5.10 Å². The first-order valence-electron chi connectivity index (χ1n) is 9.30. The average Bonchev–Trinajstić information content (AvgIpc) is 3.52. The first kappa shape index (κ1) is 18.3. The van der Waals surface area contributed by atoms with Gasteiger partial charge in [-0.1, -0.05) is 12.1 Å². The van der Waals surface area contributed by atoms with Gasteiger partial charge in [-0.15, -0.1) is 11.3 Å². The summed E-state index contributed by atoms with van der Waals surface area (Å²) in [5.74, 6) is -0.239. The van der Waals surface area contributed by atoms with Crippen LogP contribution in [0.25, 0.3) is 21.3 Å². The van der Waals surface area contributed by atoms with Crippen molar-refractivity contribution in [2.24, 2.45) is 7.05 Å². The summed E-state index contributed by atoms with van der Waals surface area (Å²) in [6.07, 6.45) is 7.02. The number of H-pyrrole nitrogens is 2. The molecule has 4 heterocycles. The Bertz CT molecular complexity index is 1370. The van der Waals surface area contributed by atoms with Crippen molar-refractivity contribution in [3.8, 4) is 0 Å². The number of nitrogens with one attached hydrogen (secondary N) is 4. The Morgan fingerprint density at radius 2 is 2.27 bits per heavy atom. The standard InChI is InChI=1S/C20H18N8OS/c1-28-17(20(29)23-7-11-3-2-4-15-14(11)9-25-27-15)13(6-21)18-19(28)26-16(30-18)5-12-8-22-10-24-12/h2-4,6,8-10,21H,5,7H2,1H3,(H,22,24)(H,23,29)(H,25,27). The maximum atomic E-state index is 13.0. The monoisotopic (exact) mass is 418 g/mol. The molecule has 10 heteroatoms. The van der Waals surface area contributed by atoms with Gasteiger partial charge < -0.3 is 20.3 Å². The van der Waals surface area contributed by atoms with Gasteiger partial charge >= 0.3 is 0 Å². The summed E-state index contributed by atoms with van der Waals surface area (Å²) in [5, 5.41) is 19.7. The van der Waals surface area contributed by atoms with E-state index in [0.717, 1.165) is 31.9 Å². The molecule has 1 aromatic carbocycles. The number of hydrogen-bond acceptors (Lipinski definition) is 6. The van der Waals surface area contributed by atoms with Crippen molar-refractivity contribution in [1.29, 1.82) is 5.41 Å². The Morgan fingerprint density at radius 3 is 3.07 bits per heavy atom. The van der Waals surface area contributed by atoms with Gasteiger partial charge in [-0.05, 0) is 11.6 Å². The molecule has 4 N–H and O–H groups in total. The van der Waals surface area contributed by atoms with Gasteiger partial charge in [-0.3, -0.25) is 9.89 Å². The lowest BCUT2D eigenvalue weighted by Gasteiger charge is -2.08. The molecule has 0 aliphatic rings. The molecule has 0 bridgehead atoms. The quantitative estimate of drug-likeness (QED) is 0.316. The zero-order chi connectivity index (χ0) is 20.7. The molecule has 0 saturated heterocycles. The highest BCUT2D eigenvalue weighted by Gasteiger charge is 2.23. The van der Waals surface area contributed by atoms with Crippen LogP contribution in [-0.2, 0) is 20.0 Å². The van der Waals surface area contributed by atoms with E-state index in [0.29, 0.717) is 29.9 Å². The summed E-state index contributed by atoms with van der Waals surface area (Å²) < 4.78 is 2.60. The molecule has 5 rings (SSSR count). The highest BCUT2D eigenvalue weighted by Crippen LogP contribution is 2.30. The number of nitrogens with zero attached hydrogens (tertiary/aromatic N) is 4. The number of rotatable bonds is 6. The Morgan fingerprint density at radius 1 is 1.37 bits per heavy atom. The maximum absolute atomic E-state index is 13.0. The van der Waals surface area contributed by atoms with Crippen LogP contribution in [0.4, 0.5) is 0 Å². The minimum absolute atomic E-state index is 0.239. The summed E-state index contributed by atoms with van der Waals surface area (Å²) in [7, 11) is 1.81. The molecule has 0 aliphatic heterocycles. The van der Waals surface area contributed by atoms with E-state index in [2.05, 4.69) is 30.5 Å². The molecule has 1 amide bonds. The summed E-state index contributed by atoms with van der Waals surface area (Å²) in [6, 6.07) is 5.83. The molecule has 30 heavy (non-hydrogen) atoms. The number of thiazole rings is 1. The van der Waals surface area contributed by atoms with Crippen molar-refractivity contribution in [3.05, 3.63) is 64.4 Å². The number of fused-ring (bicyclic) bond motifs is 2. The number of carbonyl (C=O) groups excluding carboxylic acids is 1. The first-order valence-corrected chi connectivity index (χ1v) is 10.1. The summed E-state index contributed by atoms with van der Waals surface area (Å²) in [5.41, 5.74) is 4.59. The van der Waals surface area contributed by atoms with Crippen molar-refractivity contribution in [2.45, 2.75) is 13.0 Å². The van der Waals surface area contributed by atoms with Crippen LogP contribution < -0.4 is 5.32 Å². The van der Waals surface area contributed by atoms with Gasteiger partial charge in [0.1, 0.15) is 10.7 Å². The lowest BCUT2D eigenvalue weighted by Crippen LogP contribution is -2.26. The van der Waals surface area contributed by atoms with Crippen LogP contribution in [0.5, 0.6) is 0 Å². The van der Waals surface area contributed by atoms with Gasteiger partial charge in [0.25, 0.3) is 5.91 Å². The lowest BCUT2D eigenvalue weighted by atomic mass is 10.1. The molecule has 9 nitrogen and oxygen atoms in total. The van der Waals surface area contributed by atoms with Crippen LogP contribution in [0.15, 0.2) is 36.9 Å². The van der Waals surface area contributed by atoms with Crippen LogP contribution in [-0.4, -0.2) is 41.8 Å². The Hall–Kier alpha value is -3.79. The Kier molecular flexibility index (Phi) is 4.40. The topological polar surface area (TPSA) is 128 Å². The SMILES string of the molecule is Cn1c(C(=O)NCc2cccc3[nH]ncc23)c(C=N)c2sc(Cc3cnc[nH]3)nc21. The van der Waals surface area contributed by atoms with E-state index in [-0.39, 0.29) is 5.91 Å². The van der Waals surface area contributed by atoms with Crippen molar-refractivity contribution < 1.29 is 4.79 Å². The highest BCUT2D eigenvalue weighted by atomic mass is 32.1. The van der Waals surface area contributed by atoms with E-state index >= 15 is 0 Å². The number of hydrogen-bond donors (Lipinski definition) is 4. The second kappa shape index (κ2) is 7.23. The van der Waals surface area contributed by atoms with E-state index in [4.69, 9.17) is 5.41 Å². The molecule has 4 aromatic heterocycles. The first-order chi connectivity index (χ1) is 14.7. The molecule has 0 saturated carbocycles. The van der Waals surface area contributed by atoms with Crippen LogP contribution in [0.3, 0.4) is 0 Å². The van der Waals surface area contributed by atoms with Crippen LogP contribution >= 0.6 is 11.3 Å². The summed E-state index contributed by atoms with van der Waals surface area (Å²) in [6.45, 7) is 0.366. The fourth-order valence-electron chi connectivity index (χ4n) is 3.62. The van der Waals surface area contributed by atoms with E-state index in [1.54, 1.807) is 30.3 Å². The number of aromatic nitrogens is 6. The smallest absolute Gasteiger partial charge is 0.268 e. The fourth-order valence-corrected chi connectivity index (χ4v) is 4.76. The van der Waals surface area contributed by atoms with Gasteiger partial charge in [0, 0.05) is 49.1 Å². The lowest BCUT2D eigenvalue weighted by molar-refractivity contribution is 0.0943. The predicted molar refractivity (Wildman–Crippen MR) is 115 cm³/mol. The van der Waals surface area contributed by atoms with Crippen LogP contribution in [0, 0.1) is 5.41 Å². The molecule has 0 radical (unpaired) electrons. The minimum Gasteiger partial charge on any atom is -0.348 e. The molecule has 150 valence electrons. The summed E-state index contributed by atoms with van der Waals surface area (Å²) in [4.78, 5) is 24.8. The van der Waals surface area contributed by atoms with Crippen molar-refractivity contribution >= 4 is 44.7 Å². The van der Waals surface area contributed by atoms with Gasteiger partial charge in [0.15, 0.2) is 5.65 Å².